The largest absolute Gasteiger partial charge is 0.491 e. The van der Waals surface area contributed by atoms with Crippen LogP contribution in [0.1, 0.15) is 17.5 Å². The molecular formula is C26H31N5O2. The van der Waals surface area contributed by atoms with Gasteiger partial charge >= 0.3 is 0 Å². The van der Waals surface area contributed by atoms with Crippen LogP contribution < -0.4 is 9.64 Å². The van der Waals surface area contributed by atoms with Crippen molar-refractivity contribution in [3.63, 3.8) is 0 Å². The van der Waals surface area contributed by atoms with Crippen molar-refractivity contribution < 1.29 is 9.53 Å². The third-order valence-electron chi connectivity index (χ3n) is 6.47. The maximum absolute atomic E-state index is 12.8. The molecule has 0 atom stereocenters. The van der Waals surface area contributed by atoms with Gasteiger partial charge in [-0.05, 0) is 35.9 Å². The first kappa shape index (κ1) is 21.5. The zero-order chi connectivity index (χ0) is 22.5. The molecule has 1 fully saturated rings. The minimum atomic E-state index is 0.143. The molecule has 3 aromatic rings. The van der Waals surface area contributed by atoms with Crippen molar-refractivity contribution >= 4 is 11.6 Å². The van der Waals surface area contributed by atoms with Gasteiger partial charge < -0.3 is 14.5 Å². The first-order valence-electron chi connectivity index (χ1n) is 11.8. The summed E-state index contributed by atoms with van der Waals surface area (Å²) in [5.74, 6) is 1.04. The molecule has 33 heavy (non-hydrogen) atoms. The van der Waals surface area contributed by atoms with Crippen LogP contribution in [-0.2, 0) is 24.4 Å². The Kier molecular flexibility index (Phi) is 6.58. The molecule has 5 rings (SSSR count). The Morgan fingerprint density at radius 1 is 0.970 bits per heavy atom. The lowest BCUT2D eigenvalue weighted by molar-refractivity contribution is -0.132. The van der Waals surface area contributed by atoms with Crippen molar-refractivity contribution in [3.8, 4) is 5.75 Å². The number of benzene rings is 2. The normalized spacial score (nSPS) is 16.7. The van der Waals surface area contributed by atoms with Crippen LogP contribution in [0.2, 0.25) is 0 Å². The fourth-order valence-corrected chi connectivity index (χ4v) is 4.62. The Morgan fingerprint density at radius 3 is 2.61 bits per heavy atom. The van der Waals surface area contributed by atoms with Crippen LogP contribution in [-0.4, -0.2) is 64.8 Å². The molecule has 7 nitrogen and oxygen atoms in total. The first-order chi connectivity index (χ1) is 16.2. The fourth-order valence-electron chi connectivity index (χ4n) is 4.62. The Labute approximate surface area is 195 Å². The van der Waals surface area contributed by atoms with Gasteiger partial charge in [0.15, 0.2) is 0 Å². The summed E-state index contributed by atoms with van der Waals surface area (Å²) in [6, 6.07) is 19.0. The topological polar surface area (TPSA) is 53.8 Å². The van der Waals surface area contributed by atoms with E-state index in [9.17, 15) is 4.79 Å². The summed E-state index contributed by atoms with van der Waals surface area (Å²) in [5, 5.41) is 4.19. The Bertz CT molecular complexity index is 1050. The quantitative estimate of drug-likeness (QED) is 0.584. The number of piperazine rings is 1. The molecule has 1 saturated heterocycles. The molecule has 2 aliphatic rings. The molecule has 0 bridgehead atoms. The molecule has 1 aromatic heterocycles. The van der Waals surface area contributed by atoms with E-state index in [1.165, 1.54) is 11.3 Å². The number of aromatic nitrogens is 2. The lowest BCUT2D eigenvalue weighted by atomic mass is 10.1. The number of amides is 1. The number of fused-ring (bicyclic) bond motifs is 1. The lowest BCUT2D eigenvalue weighted by Crippen LogP contribution is -2.45. The Balaban J connectivity index is 1.18. The molecule has 1 amide bonds. The maximum Gasteiger partial charge on any atom is 0.224 e. The monoisotopic (exact) mass is 445 g/mol. The molecule has 0 unspecified atom stereocenters. The third kappa shape index (κ3) is 5.37. The number of nitrogens with zero attached hydrogens (tertiary/aromatic N) is 5. The van der Waals surface area contributed by atoms with E-state index in [4.69, 9.17) is 4.74 Å². The fraction of sp³-hybridized carbons (Fsp3) is 0.385. The van der Waals surface area contributed by atoms with Gasteiger partial charge in [-0.25, -0.2) is 0 Å². The number of carbonyl (C=O) groups is 1. The number of para-hydroxylation sites is 1. The van der Waals surface area contributed by atoms with Crippen LogP contribution in [0.5, 0.6) is 5.75 Å². The van der Waals surface area contributed by atoms with Crippen LogP contribution in [0.15, 0.2) is 67.0 Å². The smallest absolute Gasteiger partial charge is 0.224 e. The second kappa shape index (κ2) is 10.1. The lowest BCUT2D eigenvalue weighted by Gasteiger charge is -2.36. The first-order valence-corrected chi connectivity index (χ1v) is 11.8. The molecule has 0 spiro atoms. The number of aryl methyl sites for hydroxylation is 1. The van der Waals surface area contributed by atoms with Crippen molar-refractivity contribution in [1.82, 2.24) is 19.6 Å². The van der Waals surface area contributed by atoms with Gasteiger partial charge in [-0.15, -0.1) is 0 Å². The molecule has 0 aliphatic carbocycles. The van der Waals surface area contributed by atoms with Gasteiger partial charge in [-0.2, -0.15) is 5.10 Å². The number of hydrogen-bond donors (Lipinski definition) is 0. The van der Waals surface area contributed by atoms with Gasteiger partial charge in [0.05, 0.1) is 6.54 Å². The summed E-state index contributed by atoms with van der Waals surface area (Å²) in [7, 11) is 0. The van der Waals surface area contributed by atoms with Crippen molar-refractivity contribution in [2.45, 2.75) is 26.1 Å². The zero-order valence-electron chi connectivity index (χ0n) is 19.0. The summed E-state index contributed by atoms with van der Waals surface area (Å²) in [5.41, 5.74) is 3.67. The van der Waals surface area contributed by atoms with Crippen LogP contribution in [0, 0.1) is 0 Å². The average Bonchev–Trinajstić information content (AvgIpc) is 3.29. The van der Waals surface area contributed by atoms with Gasteiger partial charge in [0.1, 0.15) is 12.4 Å². The highest BCUT2D eigenvalue weighted by atomic mass is 16.5. The van der Waals surface area contributed by atoms with Crippen LogP contribution in [0.3, 0.4) is 0 Å². The highest BCUT2D eigenvalue weighted by Crippen LogP contribution is 2.26. The van der Waals surface area contributed by atoms with E-state index in [0.717, 1.165) is 44.0 Å². The molecule has 172 valence electrons. The predicted octanol–water partition coefficient (Wildman–Crippen LogP) is 3.02. The highest BCUT2D eigenvalue weighted by Gasteiger charge is 2.21. The van der Waals surface area contributed by atoms with E-state index >= 15 is 0 Å². The van der Waals surface area contributed by atoms with Crippen molar-refractivity contribution in [3.05, 3.63) is 78.1 Å². The SMILES string of the molecule is O=C(CCn1cccn1)N1CCOc2ccc(CN3CCN(c4ccccc4)CC3)cc2C1. The molecular weight excluding hydrogens is 414 g/mol. The molecule has 2 aliphatic heterocycles. The number of rotatable bonds is 6. The average molecular weight is 446 g/mol. The van der Waals surface area contributed by atoms with Gasteiger partial charge in [-0.3, -0.25) is 14.4 Å². The third-order valence-corrected chi connectivity index (χ3v) is 6.47. The highest BCUT2D eigenvalue weighted by molar-refractivity contribution is 5.76. The Morgan fingerprint density at radius 2 is 1.82 bits per heavy atom. The van der Waals surface area contributed by atoms with Crippen LogP contribution >= 0.6 is 0 Å². The number of hydrogen-bond acceptors (Lipinski definition) is 5. The van der Waals surface area contributed by atoms with E-state index in [0.29, 0.717) is 32.7 Å². The maximum atomic E-state index is 12.8. The minimum absolute atomic E-state index is 0.143. The van der Waals surface area contributed by atoms with Gasteiger partial charge in [0.2, 0.25) is 5.91 Å². The van der Waals surface area contributed by atoms with E-state index in [2.05, 4.69) is 63.4 Å². The molecule has 0 N–H and O–H groups in total. The Hall–Kier alpha value is -3.32. The predicted molar refractivity (Wildman–Crippen MR) is 128 cm³/mol. The van der Waals surface area contributed by atoms with E-state index in [1.54, 1.807) is 10.9 Å². The van der Waals surface area contributed by atoms with E-state index in [-0.39, 0.29) is 5.91 Å². The van der Waals surface area contributed by atoms with Crippen molar-refractivity contribution in [1.29, 1.82) is 0 Å². The van der Waals surface area contributed by atoms with Gasteiger partial charge in [0, 0.05) is 75.9 Å². The summed E-state index contributed by atoms with van der Waals surface area (Å²) in [6.07, 6.45) is 4.08. The molecule has 7 heteroatoms. The summed E-state index contributed by atoms with van der Waals surface area (Å²) in [6.45, 7) is 7.43. The molecule has 2 aromatic carbocycles. The second-order valence-electron chi connectivity index (χ2n) is 8.72. The number of anilines is 1. The van der Waals surface area contributed by atoms with E-state index < -0.39 is 0 Å². The summed E-state index contributed by atoms with van der Waals surface area (Å²) in [4.78, 5) is 19.7. The number of ether oxygens (including phenoxy) is 1. The van der Waals surface area contributed by atoms with Gasteiger partial charge in [0.25, 0.3) is 0 Å². The molecule has 0 saturated carbocycles. The van der Waals surface area contributed by atoms with Crippen molar-refractivity contribution in [2.24, 2.45) is 0 Å². The van der Waals surface area contributed by atoms with Gasteiger partial charge in [-0.1, -0.05) is 24.3 Å². The van der Waals surface area contributed by atoms with E-state index in [1.807, 2.05) is 17.2 Å². The summed E-state index contributed by atoms with van der Waals surface area (Å²) < 4.78 is 7.76. The zero-order valence-corrected chi connectivity index (χ0v) is 19.0. The van der Waals surface area contributed by atoms with Crippen LogP contribution in [0.4, 0.5) is 5.69 Å². The van der Waals surface area contributed by atoms with Crippen LogP contribution in [0.25, 0.3) is 0 Å². The standard InChI is InChI=1S/C26H31N5O2/c32-26(9-12-31-11-4-10-27-31)30-17-18-33-25-8-7-22(19-23(25)21-30)20-28-13-15-29(16-14-28)24-5-2-1-3-6-24/h1-8,10-11,19H,9,12-18,20-21H2. The van der Waals surface area contributed by atoms with Crippen molar-refractivity contribution in [2.75, 3.05) is 44.2 Å². The molecule has 3 heterocycles. The summed E-state index contributed by atoms with van der Waals surface area (Å²) >= 11 is 0. The second-order valence-corrected chi connectivity index (χ2v) is 8.72. The number of carbonyl (C=O) groups excluding carboxylic acids is 1. The molecule has 0 radical (unpaired) electrons. The minimum Gasteiger partial charge on any atom is -0.491 e.